The number of hydrogen-bond acceptors (Lipinski definition) is 5. The molecule has 3 aromatic rings. The van der Waals surface area contributed by atoms with Crippen molar-refractivity contribution in [2.75, 3.05) is 13.2 Å². The van der Waals surface area contributed by atoms with Crippen molar-refractivity contribution in [3.05, 3.63) is 135 Å². The summed E-state index contributed by atoms with van der Waals surface area (Å²) < 4.78 is 20.7. The quantitative estimate of drug-likeness (QED) is 0.268. The second-order valence-electron chi connectivity index (χ2n) is 12.6. The molecule has 2 N–H and O–H groups in total. The lowest BCUT2D eigenvalue weighted by atomic mass is 9.75. The highest BCUT2D eigenvalue weighted by Crippen LogP contribution is 2.47. The van der Waals surface area contributed by atoms with Gasteiger partial charge in [0.25, 0.3) is 11.5 Å². The molecule has 0 spiro atoms. The minimum absolute atomic E-state index is 0.222. The van der Waals surface area contributed by atoms with Crippen LogP contribution in [0.2, 0.25) is 0 Å². The van der Waals surface area contributed by atoms with Crippen LogP contribution in [0.1, 0.15) is 64.5 Å². The van der Waals surface area contributed by atoms with Crippen molar-refractivity contribution in [3.63, 3.8) is 0 Å². The lowest BCUT2D eigenvalue weighted by molar-refractivity contribution is -0.139. The van der Waals surface area contributed by atoms with Crippen LogP contribution in [-0.2, 0) is 22.6 Å². The van der Waals surface area contributed by atoms with Crippen LogP contribution < -0.4 is 10.9 Å². The zero-order valence-electron chi connectivity index (χ0n) is 26.6. The van der Waals surface area contributed by atoms with Gasteiger partial charge in [-0.25, -0.2) is 9.49 Å². The molecule has 5 rings (SSSR count). The first-order valence-corrected chi connectivity index (χ1v) is 15.6. The number of benzene rings is 2. The smallest absolute Gasteiger partial charge is 0.267 e. The van der Waals surface area contributed by atoms with Gasteiger partial charge in [-0.2, -0.15) is 5.10 Å². The summed E-state index contributed by atoms with van der Waals surface area (Å²) >= 11 is 0. The Kier molecular flexibility index (Phi) is 9.82. The Morgan fingerprint density at radius 1 is 1.17 bits per heavy atom. The molecule has 2 heterocycles. The van der Waals surface area contributed by atoms with Crippen molar-refractivity contribution in [3.8, 4) is 0 Å². The Morgan fingerprint density at radius 2 is 1.96 bits per heavy atom. The average molecular weight is 625 g/mol. The van der Waals surface area contributed by atoms with E-state index in [-0.39, 0.29) is 36.5 Å². The third-order valence-corrected chi connectivity index (χ3v) is 9.21. The molecule has 240 valence electrons. The fourth-order valence-electron chi connectivity index (χ4n) is 6.67. The molecule has 0 bridgehead atoms. The van der Waals surface area contributed by atoms with E-state index < -0.39 is 16.9 Å². The Balaban J connectivity index is 1.32. The molecule has 9 heteroatoms. The number of nitrogens with one attached hydrogen (secondary N) is 2. The van der Waals surface area contributed by atoms with Crippen molar-refractivity contribution in [2.45, 2.75) is 64.6 Å². The Bertz CT molecular complexity index is 1730. The number of nitrogens with zero attached hydrogens (tertiary/aromatic N) is 2. The molecule has 1 fully saturated rings. The Hall–Kier alpha value is -4.63. The number of aryl methyl sites for hydroxylation is 2. The van der Waals surface area contributed by atoms with Crippen LogP contribution in [0.25, 0.3) is 0 Å². The molecule has 3 atom stereocenters. The molecule has 1 saturated heterocycles. The van der Waals surface area contributed by atoms with E-state index in [4.69, 9.17) is 4.74 Å². The molecule has 2 aromatic carbocycles. The molecule has 1 unspecified atom stereocenters. The zero-order chi connectivity index (χ0) is 32.9. The van der Waals surface area contributed by atoms with Gasteiger partial charge in [-0.1, -0.05) is 55.5 Å². The fourth-order valence-corrected chi connectivity index (χ4v) is 6.67. The minimum Gasteiger partial charge on any atom is -0.374 e. The van der Waals surface area contributed by atoms with E-state index in [0.717, 1.165) is 16.7 Å². The molecular weight excluding hydrogens is 583 g/mol. The van der Waals surface area contributed by atoms with Crippen LogP contribution in [0.15, 0.2) is 96.1 Å². The van der Waals surface area contributed by atoms with E-state index in [1.807, 2.05) is 57.2 Å². The topological polar surface area (TPSA) is 104 Å². The summed E-state index contributed by atoms with van der Waals surface area (Å²) in [4.78, 5) is 41.4. The maximum atomic E-state index is 14.5. The normalized spacial score (nSPS) is 22.4. The summed E-state index contributed by atoms with van der Waals surface area (Å²) in [6.07, 6.45) is 8.84. The first kappa shape index (κ1) is 32.8. The number of carbonyl (C=O) groups excluding carboxylic acids is 2. The van der Waals surface area contributed by atoms with Crippen molar-refractivity contribution in [1.29, 1.82) is 0 Å². The van der Waals surface area contributed by atoms with E-state index in [2.05, 4.69) is 22.1 Å². The number of ether oxygens (including phenoxy) is 1. The molecule has 0 radical (unpaired) electrons. The number of halogens is 1. The first-order valence-electron chi connectivity index (χ1n) is 15.6. The second kappa shape index (κ2) is 13.8. The molecule has 2 amide bonds. The van der Waals surface area contributed by atoms with Gasteiger partial charge < -0.3 is 15.0 Å². The number of aromatic nitrogens is 2. The summed E-state index contributed by atoms with van der Waals surface area (Å²) in [6.45, 7) is 10.1. The Labute approximate surface area is 269 Å². The number of carbonyl (C=O) groups is 2. The molecular formula is C37H41FN4O4. The summed E-state index contributed by atoms with van der Waals surface area (Å²) in [7, 11) is 0. The van der Waals surface area contributed by atoms with Crippen LogP contribution in [0.4, 0.5) is 4.39 Å². The van der Waals surface area contributed by atoms with Crippen molar-refractivity contribution < 1.29 is 18.7 Å². The van der Waals surface area contributed by atoms with E-state index in [1.165, 1.54) is 6.08 Å². The van der Waals surface area contributed by atoms with Crippen LogP contribution in [0.3, 0.4) is 0 Å². The predicted molar refractivity (Wildman–Crippen MR) is 176 cm³/mol. The van der Waals surface area contributed by atoms with Gasteiger partial charge in [0.05, 0.1) is 31.0 Å². The minimum atomic E-state index is -0.822. The van der Waals surface area contributed by atoms with Gasteiger partial charge in [0.2, 0.25) is 5.91 Å². The van der Waals surface area contributed by atoms with Gasteiger partial charge in [-0.15, -0.1) is 6.58 Å². The standard InChI is InChI=1S/C37H41FN4O4/c1-5-37(24-46-23-27-10-7-6-8-11-27)17-15-32(36(4)16-9-12-31(38)21-36)42(37)33(43)22-39-34(44)29-14-13-28(25(2)18-29)20-30-19-26(3)40-41-35(30)45/h5-14,18-19,21,32H,1,15-17,20,22-24H2,2-4H3,(H,39,44)(H,41,45)/t32-,36?,37-/m0/s1. The number of hydrogen-bond donors (Lipinski definition) is 2. The van der Waals surface area contributed by atoms with Gasteiger partial charge in [0.15, 0.2) is 0 Å². The maximum Gasteiger partial charge on any atom is 0.267 e. The highest BCUT2D eigenvalue weighted by Gasteiger charge is 2.52. The van der Waals surface area contributed by atoms with E-state index in [0.29, 0.717) is 49.1 Å². The second-order valence-corrected chi connectivity index (χ2v) is 12.6. The molecule has 1 aliphatic heterocycles. The van der Waals surface area contributed by atoms with Gasteiger partial charge in [-0.3, -0.25) is 14.4 Å². The number of allylic oxidation sites excluding steroid dienone is 3. The molecule has 1 aromatic heterocycles. The monoisotopic (exact) mass is 624 g/mol. The molecule has 1 aliphatic carbocycles. The number of likely N-dealkylation sites (tertiary alicyclic amines) is 1. The van der Waals surface area contributed by atoms with E-state index in [9.17, 15) is 18.8 Å². The third kappa shape index (κ3) is 7.10. The summed E-state index contributed by atoms with van der Waals surface area (Å²) in [5.74, 6) is -1.00. The lowest BCUT2D eigenvalue weighted by Gasteiger charge is -2.45. The summed E-state index contributed by atoms with van der Waals surface area (Å²) in [6, 6.07) is 16.5. The maximum absolute atomic E-state index is 14.5. The summed E-state index contributed by atoms with van der Waals surface area (Å²) in [5.41, 5.74) is 2.78. The van der Waals surface area contributed by atoms with Crippen LogP contribution in [0, 0.1) is 19.3 Å². The number of aromatic amines is 1. The molecule has 2 aliphatic rings. The molecule has 0 saturated carbocycles. The molecule has 46 heavy (non-hydrogen) atoms. The first-order chi connectivity index (χ1) is 22.0. The largest absolute Gasteiger partial charge is 0.374 e. The highest BCUT2D eigenvalue weighted by atomic mass is 19.1. The number of H-pyrrole nitrogens is 1. The van der Waals surface area contributed by atoms with Gasteiger partial charge in [-0.05, 0) is 80.2 Å². The van der Waals surface area contributed by atoms with Crippen LogP contribution >= 0.6 is 0 Å². The highest BCUT2D eigenvalue weighted by molar-refractivity contribution is 5.97. The zero-order valence-corrected chi connectivity index (χ0v) is 26.6. The van der Waals surface area contributed by atoms with Crippen LogP contribution in [-0.4, -0.2) is 51.6 Å². The molecule has 8 nitrogen and oxygen atoms in total. The van der Waals surface area contributed by atoms with Gasteiger partial charge in [0, 0.05) is 29.0 Å². The van der Waals surface area contributed by atoms with E-state index in [1.54, 1.807) is 41.3 Å². The van der Waals surface area contributed by atoms with Gasteiger partial charge in [0.1, 0.15) is 5.83 Å². The van der Waals surface area contributed by atoms with E-state index >= 15 is 0 Å². The van der Waals surface area contributed by atoms with Crippen molar-refractivity contribution in [1.82, 2.24) is 20.4 Å². The SMILES string of the molecule is C=C[C@@]1(COCc2ccccc2)CC[C@@H](C2(C)C=C(F)C=CC2)N1C(=O)CNC(=O)c1ccc(Cc2cc(C)n[nH]c2=O)c(C)c1. The number of amides is 2. The van der Waals surface area contributed by atoms with Crippen molar-refractivity contribution in [2.24, 2.45) is 5.41 Å². The van der Waals surface area contributed by atoms with Gasteiger partial charge >= 0.3 is 0 Å². The third-order valence-electron chi connectivity index (χ3n) is 9.21. The predicted octanol–water partition coefficient (Wildman–Crippen LogP) is 5.66. The summed E-state index contributed by atoms with van der Waals surface area (Å²) in [5, 5.41) is 9.23. The lowest BCUT2D eigenvalue weighted by Crippen LogP contribution is -2.58. The van der Waals surface area contributed by atoms with Crippen molar-refractivity contribution >= 4 is 11.8 Å². The van der Waals surface area contributed by atoms with Crippen LogP contribution in [0.5, 0.6) is 0 Å². The average Bonchev–Trinajstić information content (AvgIpc) is 3.43. The Morgan fingerprint density at radius 3 is 2.67 bits per heavy atom. The fraction of sp³-hybridized carbons (Fsp3) is 0.351. The number of rotatable bonds is 11.